The standard InChI is InChI=1S/C9H8ClNO5/c1-15-9(12)5-16-6-2-3-8(11(13)14)7(10)4-6/h2-4H,5H2,1H3. The van der Waals surface area contributed by atoms with E-state index in [0.717, 1.165) is 0 Å². The molecule has 1 rings (SSSR count). The number of methoxy groups -OCH3 is 1. The predicted octanol–water partition coefficient (Wildman–Crippen LogP) is 1.80. The second-order valence-corrected chi connectivity index (χ2v) is 3.14. The number of ether oxygens (including phenoxy) is 2. The van der Waals surface area contributed by atoms with Crippen molar-refractivity contribution in [3.05, 3.63) is 33.3 Å². The fourth-order valence-corrected chi connectivity index (χ4v) is 1.17. The van der Waals surface area contributed by atoms with Gasteiger partial charge in [0.1, 0.15) is 10.8 Å². The van der Waals surface area contributed by atoms with Gasteiger partial charge in [-0.2, -0.15) is 0 Å². The molecule has 0 spiro atoms. The molecule has 0 saturated carbocycles. The Labute approximate surface area is 95.9 Å². The van der Waals surface area contributed by atoms with Gasteiger partial charge >= 0.3 is 5.97 Å². The van der Waals surface area contributed by atoms with Crippen LogP contribution in [0.25, 0.3) is 0 Å². The van der Waals surface area contributed by atoms with Crippen LogP contribution in [0.3, 0.4) is 0 Å². The molecule has 0 aromatic heterocycles. The average Bonchev–Trinajstić information content (AvgIpc) is 2.25. The number of halogens is 1. The summed E-state index contributed by atoms with van der Waals surface area (Å²) >= 11 is 5.64. The summed E-state index contributed by atoms with van der Waals surface area (Å²) in [7, 11) is 1.23. The molecule has 0 radical (unpaired) electrons. The highest BCUT2D eigenvalue weighted by Gasteiger charge is 2.13. The van der Waals surface area contributed by atoms with Gasteiger partial charge in [-0.05, 0) is 6.07 Å². The van der Waals surface area contributed by atoms with Crippen LogP contribution in [0, 0.1) is 10.1 Å². The van der Waals surface area contributed by atoms with Crippen molar-refractivity contribution in [2.75, 3.05) is 13.7 Å². The Balaban J connectivity index is 2.74. The Morgan fingerprint density at radius 2 is 2.25 bits per heavy atom. The van der Waals surface area contributed by atoms with Gasteiger partial charge in [0, 0.05) is 12.1 Å². The van der Waals surface area contributed by atoms with Gasteiger partial charge in [-0.15, -0.1) is 0 Å². The number of carbonyl (C=O) groups excluding carboxylic acids is 1. The molecule has 0 amide bonds. The number of rotatable bonds is 4. The SMILES string of the molecule is COC(=O)COc1ccc([N+](=O)[O-])c(Cl)c1. The highest BCUT2D eigenvalue weighted by atomic mass is 35.5. The fraction of sp³-hybridized carbons (Fsp3) is 0.222. The maximum Gasteiger partial charge on any atom is 0.343 e. The maximum atomic E-state index is 10.8. The third-order valence-corrected chi connectivity index (χ3v) is 2.00. The molecule has 0 unspecified atom stereocenters. The first-order chi connectivity index (χ1) is 7.54. The summed E-state index contributed by atoms with van der Waals surface area (Å²) < 4.78 is 9.35. The highest BCUT2D eigenvalue weighted by molar-refractivity contribution is 6.32. The molecule has 0 atom stereocenters. The molecule has 16 heavy (non-hydrogen) atoms. The third kappa shape index (κ3) is 3.09. The molecule has 0 heterocycles. The van der Waals surface area contributed by atoms with Gasteiger partial charge < -0.3 is 9.47 Å². The number of nitro groups is 1. The first-order valence-corrected chi connectivity index (χ1v) is 4.56. The molecular weight excluding hydrogens is 238 g/mol. The van der Waals surface area contributed by atoms with E-state index in [1.54, 1.807) is 0 Å². The average molecular weight is 246 g/mol. The molecule has 0 aliphatic rings. The number of nitrogens with zero attached hydrogens (tertiary/aromatic N) is 1. The molecular formula is C9H8ClNO5. The van der Waals surface area contributed by atoms with Crippen molar-refractivity contribution in [3.63, 3.8) is 0 Å². The van der Waals surface area contributed by atoms with Gasteiger partial charge in [-0.3, -0.25) is 10.1 Å². The minimum atomic E-state index is -0.605. The molecule has 1 aromatic carbocycles. The van der Waals surface area contributed by atoms with Crippen molar-refractivity contribution in [1.29, 1.82) is 0 Å². The Morgan fingerprint density at radius 1 is 1.56 bits per heavy atom. The van der Waals surface area contributed by atoms with Crippen LogP contribution >= 0.6 is 11.6 Å². The molecule has 6 nitrogen and oxygen atoms in total. The van der Waals surface area contributed by atoms with Gasteiger partial charge in [-0.25, -0.2) is 4.79 Å². The second-order valence-electron chi connectivity index (χ2n) is 2.74. The van der Waals surface area contributed by atoms with E-state index in [2.05, 4.69) is 4.74 Å². The van der Waals surface area contributed by atoms with Crippen LogP contribution in [0.2, 0.25) is 5.02 Å². The summed E-state index contributed by atoms with van der Waals surface area (Å²) in [5, 5.41) is 10.4. The van der Waals surface area contributed by atoms with E-state index in [9.17, 15) is 14.9 Å². The summed E-state index contributed by atoms with van der Waals surface area (Å²) in [5.74, 6) is -0.282. The lowest BCUT2D eigenvalue weighted by Gasteiger charge is -2.04. The van der Waals surface area contributed by atoms with Crippen LogP contribution in [-0.4, -0.2) is 24.6 Å². The first-order valence-electron chi connectivity index (χ1n) is 4.18. The predicted molar refractivity (Wildman–Crippen MR) is 55.6 cm³/mol. The van der Waals surface area contributed by atoms with Gasteiger partial charge in [-0.1, -0.05) is 11.6 Å². The number of nitro benzene ring substituents is 1. The van der Waals surface area contributed by atoms with E-state index in [-0.39, 0.29) is 23.1 Å². The molecule has 0 aliphatic heterocycles. The number of esters is 1. The number of benzene rings is 1. The molecule has 0 bridgehead atoms. The molecule has 1 aromatic rings. The van der Waals surface area contributed by atoms with Crippen LogP contribution < -0.4 is 4.74 Å². The number of carbonyl (C=O) groups is 1. The van der Waals surface area contributed by atoms with E-state index in [1.165, 1.54) is 25.3 Å². The molecule has 0 aliphatic carbocycles. The van der Waals surface area contributed by atoms with Crippen molar-refractivity contribution >= 4 is 23.3 Å². The van der Waals surface area contributed by atoms with Gasteiger partial charge in [0.15, 0.2) is 6.61 Å². The molecule has 0 saturated heterocycles. The Bertz CT molecular complexity index is 420. The lowest BCUT2D eigenvalue weighted by molar-refractivity contribution is -0.384. The summed E-state index contributed by atoms with van der Waals surface area (Å²) in [5.41, 5.74) is -0.216. The van der Waals surface area contributed by atoms with E-state index < -0.39 is 10.9 Å². The van der Waals surface area contributed by atoms with Crippen LogP contribution in [0.5, 0.6) is 5.75 Å². The largest absolute Gasteiger partial charge is 0.482 e. The van der Waals surface area contributed by atoms with Crippen LogP contribution in [0.1, 0.15) is 0 Å². The number of hydrogen-bond acceptors (Lipinski definition) is 5. The van der Waals surface area contributed by atoms with Crippen LogP contribution in [-0.2, 0) is 9.53 Å². The second kappa shape index (κ2) is 5.32. The zero-order valence-electron chi connectivity index (χ0n) is 8.31. The van der Waals surface area contributed by atoms with E-state index in [4.69, 9.17) is 16.3 Å². The Morgan fingerprint density at radius 3 is 2.75 bits per heavy atom. The summed E-state index contributed by atoms with van der Waals surface area (Å²) in [6.45, 7) is -0.273. The molecule has 0 N–H and O–H groups in total. The van der Waals surface area contributed by atoms with Crippen molar-refractivity contribution in [2.45, 2.75) is 0 Å². The molecule has 0 fully saturated rings. The normalized spacial score (nSPS) is 9.62. The van der Waals surface area contributed by atoms with E-state index in [1.807, 2.05) is 0 Å². The van der Waals surface area contributed by atoms with Crippen LogP contribution in [0.4, 0.5) is 5.69 Å². The van der Waals surface area contributed by atoms with Crippen molar-refractivity contribution in [3.8, 4) is 5.75 Å². The van der Waals surface area contributed by atoms with Gasteiger partial charge in [0.25, 0.3) is 5.69 Å². The molecule has 7 heteroatoms. The Hall–Kier alpha value is -1.82. The maximum absolute atomic E-state index is 10.8. The smallest absolute Gasteiger partial charge is 0.343 e. The summed E-state index contributed by atoms with van der Waals surface area (Å²) in [6.07, 6.45) is 0. The van der Waals surface area contributed by atoms with Crippen molar-refractivity contribution < 1.29 is 19.2 Å². The zero-order chi connectivity index (χ0) is 12.1. The van der Waals surface area contributed by atoms with E-state index >= 15 is 0 Å². The monoisotopic (exact) mass is 245 g/mol. The van der Waals surface area contributed by atoms with Gasteiger partial charge in [0.05, 0.1) is 12.0 Å². The molecule has 86 valence electrons. The topological polar surface area (TPSA) is 78.7 Å². The summed E-state index contributed by atoms with van der Waals surface area (Å²) in [6, 6.07) is 3.82. The van der Waals surface area contributed by atoms with Crippen molar-refractivity contribution in [1.82, 2.24) is 0 Å². The quantitative estimate of drug-likeness (QED) is 0.459. The van der Waals surface area contributed by atoms with Gasteiger partial charge in [0.2, 0.25) is 0 Å². The minimum Gasteiger partial charge on any atom is -0.482 e. The lowest BCUT2D eigenvalue weighted by Crippen LogP contribution is -2.12. The Kier molecular flexibility index (Phi) is 4.07. The van der Waals surface area contributed by atoms with E-state index in [0.29, 0.717) is 0 Å². The zero-order valence-corrected chi connectivity index (χ0v) is 9.06. The minimum absolute atomic E-state index is 0.0487. The first kappa shape index (κ1) is 12.3. The third-order valence-electron chi connectivity index (χ3n) is 1.70. The fourth-order valence-electron chi connectivity index (χ4n) is 0.927. The van der Waals surface area contributed by atoms with Crippen molar-refractivity contribution in [2.24, 2.45) is 0 Å². The highest BCUT2D eigenvalue weighted by Crippen LogP contribution is 2.28. The number of hydrogen-bond donors (Lipinski definition) is 0. The lowest BCUT2D eigenvalue weighted by atomic mass is 10.3. The van der Waals surface area contributed by atoms with Crippen LogP contribution in [0.15, 0.2) is 18.2 Å². The summed E-state index contributed by atoms with van der Waals surface area (Å²) in [4.78, 5) is 20.6.